The standard InChI is InChI=1S/C23H26ClN3O3S/c1-30-18-6-3-16(4-7-18)15-26-9-2-10-27(12-11-26)22(28)14-21-23(29)25-19-13-17(24)5-8-20(19)31-21/h3-8,13,21H,2,9-12,14-15H2,1H3,(H,25,29)/t21-/m1/s1. The lowest BCUT2D eigenvalue weighted by Gasteiger charge is -2.27. The minimum Gasteiger partial charge on any atom is -0.497 e. The van der Waals surface area contributed by atoms with Gasteiger partial charge in [-0.1, -0.05) is 23.7 Å². The lowest BCUT2D eigenvalue weighted by molar-refractivity contribution is -0.132. The van der Waals surface area contributed by atoms with Crippen molar-refractivity contribution in [1.29, 1.82) is 0 Å². The van der Waals surface area contributed by atoms with E-state index in [0.717, 1.165) is 48.9 Å². The fourth-order valence-corrected chi connectivity index (χ4v) is 5.17. The minimum atomic E-state index is -0.417. The molecule has 0 unspecified atom stereocenters. The zero-order valence-electron chi connectivity index (χ0n) is 17.5. The van der Waals surface area contributed by atoms with Gasteiger partial charge in [0.25, 0.3) is 0 Å². The monoisotopic (exact) mass is 459 g/mol. The molecule has 1 saturated heterocycles. The number of hydrogen-bond donors (Lipinski definition) is 1. The Bertz CT molecular complexity index is 954. The lowest BCUT2D eigenvalue weighted by Crippen LogP contribution is -2.39. The summed E-state index contributed by atoms with van der Waals surface area (Å²) in [4.78, 5) is 30.7. The zero-order chi connectivity index (χ0) is 21.8. The van der Waals surface area contributed by atoms with Gasteiger partial charge in [-0.05, 0) is 42.3 Å². The number of halogens is 1. The number of carbonyl (C=O) groups is 2. The zero-order valence-corrected chi connectivity index (χ0v) is 19.0. The average Bonchev–Trinajstić information content (AvgIpc) is 3.00. The van der Waals surface area contributed by atoms with E-state index < -0.39 is 5.25 Å². The summed E-state index contributed by atoms with van der Waals surface area (Å²) in [5.41, 5.74) is 1.95. The number of methoxy groups -OCH3 is 1. The van der Waals surface area contributed by atoms with Crippen LogP contribution in [0.1, 0.15) is 18.4 Å². The molecule has 0 aliphatic carbocycles. The molecule has 0 spiro atoms. The van der Waals surface area contributed by atoms with E-state index in [1.807, 2.05) is 23.1 Å². The Morgan fingerprint density at radius 2 is 1.97 bits per heavy atom. The Kier molecular flexibility index (Phi) is 7.05. The molecule has 0 bridgehead atoms. The van der Waals surface area contributed by atoms with Crippen LogP contribution in [0, 0.1) is 0 Å². The van der Waals surface area contributed by atoms with E-state index in [0.29, 0.717) is 11.6 Å². The number of ether oxygens (including phenoxy) is 1. The summed E-state index contributed by atoms with van der Waals surface area (Å²) in [7, 11) is 1.67. The van der Waals surface area contributed by atoms with Gasteiger partial charge in [0, 0.05) is 49.1 Å². The summed E-state index contributed by atoms with van der Waals surface area (Å²) < 4.78 is 5.22. The van der Waals surface area contributed by atoms with Gasteiger partial charge in [-0.3, -0.25) is 14.5 Å². The van der Waals surface area contributed by atoms with Crippen LogP contribution in [0.25, 0.3) is 0 Å². The van der Waals surface area contributed by atoms with Crippen LogP contribution >= 0.6 is 23.4 Å². The van der Waals surface area contributed by atoms with Gasteiger partial charge in [-0.2, -0.15) is 0 Å². The topological polar surface area (TPSA) is 61.9 Å². The van der Waals surface area contributed by atoms with Crippen LogP contribution in [0.15, 0.2) is 47.4 Å². The van der Waals surface area contributed by atoms with E-state index in [2.05, 4.69) is 22.3 Å². The largest absolute Gasteiger partial charge is 0.497 e. The van der Waals surface area contributed by atoms with E-state index in [1.54, 1.807) is 19.2 Å². The third kappa shape index (κ3) is 5.53. The number of nitrogens with zero attached hydrogens (tertiary/aromatic N) is 2. The Morgan fingerprint density at radius 3 is 2.74 bits per heavy atom. The molecule has 1 atom stereocenters. The number of nitrogens with one attached hydrogen (secondary N) is 1. The molecule has 2 aliphatic heterocycles. The van der Waals surface area contributed by atoms with Crippen molar-refractivity contribution in [2.75, 3.05) is 38.6 Å². The highest BCUT2D eigenvalue weighted by atomic mass is 35.5. The molecule has 2 aromatic carbocycles. The molecule has 2 heterocycles. The highest BCUT2D eigenvalue weighted by Gasteiger charge is 2.31. The second-order valence-corrected chi connectivity index (χ2v) is 9.48. The second kappa shape index (κ2) is 9.94. The van der Waals surface area contributed by atoms with E-state index in [-0.39, 0.29) is 18.2 Å². The molecule has 164 valence electrons. The van der Waals surface area contributed by atoms with Crippen LogP contribution in [0.5, 0.6) is 5.75 Å². The Hall–Kier alpha value is -2.22. The van der Waals surface area contributed by atoms with Crippen molar-refractivity contribution in [3.05, 3.63) is 53.1 Å². The minimum absolute atomic E-state index is 0.0383. The molecule has 2 amide bonds. The number of fused-ring (bicyclic) bond motifs is 1. The maximum absolute atomic E-state index is 12.9. The number of benzene rings is 2. The van der Waals surface area contributed by atoms with Gasteiger partial charge in [0.2, 0.25) is 11.8 Å². The number of anilines is 1. The quantitative estimate of drug-likeness (QED) is 0.735. The van der Waals surface area contributed by atoms with Crippen LogP contribution < -0.4 is 10.1 Å². The molecule has 2 aromatic rings. The Morgan fingerprint density at radius 1 is 1.16 bits per heavy atom. The molecule has 0 aromatic heterocycles. The van der Waals surface area contributed by atoms with Gasteiger partial charge in [0.1, 0.15) is 5.75 Å². The molecule has 1 N–H and O–H groups in total. The second-order valence-electron chi connectivity index (χ2n) is 7.80. The van der Waals surface area contributed by atoms with E-state index >= 15 is 0 Å². The highest BCUT2D eigenvalue weighted by Crippen LogP contribution is 2.38. The van der Waals surface area contributed by atoms with Crippen LogP contribution in [0.3, 0.4) is 0 Å². The van der Waals surface area contributed by atoms with Crippen LogP contribution in [0.4, 0.5) is 5.69 Å². The highest BCUT2D eigenvalue weighted by molar-refractivity contribution is 8.01. The first-order valence-corrected chi connectivity index (χ1v) is 11.7. The molecular formula is C23H26ClN3O3S. The fourth-order valence-electron chi connectivity index (χ4n) is 3.91. The molecule has 0 saturated carbocycles. The van der Waals surface area contributed by atoms with E-state index in [9.17, 15) is 9.59 Å². The molecule has 31 heavy (non-hydrogen) atoms. The first-order chi connectivity index (χ1) is 15.0. The Balaban J connectivity index is 1.31. The first kappa shape index (κ1) is 22.0. The summed E-state index contributed by atoms with van der Waals surface area (Å²) in [5.74, 6) is 0.757. The van der Waals surface area contributed by atoms with Crippen molar-refractivity contribution < 1.29 is 14.3 Å². The Labute approximate surface area is 191 Å². The fraction of sp³-hybridized carbons (Fsp3) is 0.391. The molecule has 2 aliphatic rings. The van der Waals surface area contributed by atoms with E-state index in [4.69, 9.17) is 16.3 Å². The van der Waals surface area contributed by atoms with Crippen molar-refractivity contribution in [3.63, 3.8) is 0 Å². The van der Waals surface area contributed by atoms with Crippen molar-refractivity contribution in [3.8, 4) is 5.75 Å². The molecular weight excluding hydrogens is 434 g/mol. The third-order valence-electron chi connectivity index (χ3n) is 5.63. The summed E-state index contributed by atoms with van der Waals surface area (Å²) >= 11 is 7.45. The van der Waals surface area contributed by atoms with Crippen molar-refractivity contribution in [1.82, 2.24) is 9.80 Å². The number of thioether (sulfide) groups is 1. The molecule has 1 fully saturated rings. The molecule has 8 heteroatoms. The first-order valence-electron chi connectivity index (χ1n) is 10.4. The number of amides is 2. The SMILES string of the molecule is COc1ccc(CN2CCCN(C(=O)C[C@H]3Sc4ccc(Cl)cc4NC3=O)CC2)cc1. The summed E-state index contributed by atoms with van der Waals surface area (Å²) in [6, 6.07) is 13.5. The summed E-state index contributed by atoms with van der Waals surface area (Å²) in [6.07, 6.45) is 1.13. The number of rotatable bonds is 5. The smallest absolute Gasteiger partial charge is 0.238 e. The van der Waals surface area contributed by atoms with Gasteiger partial charge in [-0.15, -0.1) is 11.8 Å². The molecule has 6 nitrogen and oxygen atoms in total. The molecule has 4 rings (SSSR count). The maximum atomic E-state index is 12.9. The third-order valence-corrected chi connectivity index (χ3v) is 7.14. The predicted molar refractivity (Wildman–Crippen MR) is 124 cm³/mol. The van der Waals surface area contributed by atoms with Gasteiger partial charge in [-0.25, -0.2) is 0 Å². The maximum Gasteiger partial charge on any atom is 0.238 e. The van der Waals surface area contributed by atoms with Gasteiger partial charge >= 0.3 is 0 Å². The van der Waals surface area contributed by atoms with Crippen molar-refractivity contribution >= 4 is 40.9 Å². The van der Waals surface area contributed by atoms with Crippen LogP contribution in [0.2, 0.25) is 5.02 Å². The lowest BCUT2D eigenvalue weighted by atomic mass is 10.2. The summed E-state index contributed by atoms with van der Waals surface area (Å²) in [5, 5.41) is 3.05. The molecule has 0 radical (unpaired) electrons. The average molecular weight is 460 g/mol. The number of hydrogen-bond acceptors (Lipinski definition) is 5. The summed E-state index contributed by atoms with van der Waals surface area (Å²) in [6.45, 7) is 4.03. The van der Waals surface area contributed by atoms with Crippen LogP contribution in [-0.4, -0.2) is 60.2 Å². The van der Waals surface area contributed by atoms with Gasteiger partial charge in [0.05, 0.1) is 18.0 Å². The van der Waals surface area contributed by atoms with Crippen molar-refractivity contribution in [2.24, 2.45) is 0 Å². The van der Waals surface area contributed by atoms with Crippen molar-refractivity contribution in [2.45, 2.75) is 29.5 Å². The van der Waals surface area contributed by atoms with E-state index in [1.165, 1.54) is 17.3 Å². The van der Waals surface area contributed by atoms with Gasteiger partial charge < -0.3 is 15.0 Å². The normalized spacial score (nSPS) is 19.4. The predicted octanol–water partition coefficient (Wildman–Crippen LogP) is 3.89. The van der Waals surface area contributed by atoms with Gasteiger partial charge in [0.15, 0.2) is 0 Å². The van der Waals surface area contributed by atoms with Crippen LogP contribution in [-0.2, 0) is 16.1 Å². The number of carbonyl (C=O) groups excluding carboxylic acids is 2.